The van der Waals surface area contributed by atoms with Gasteiger partial charge in [-0.1, -0.05) is 54.6 Å². The van der Waals surface area contributed by atoms with Crippen molar-refractivity contribution in [3.05, 3.63) is 91.0 Å². The number of carbonyl (C=O) groups excluding carboxylic acids is 3. The Morgan fingerprint density at radius 3 is 1.77 bits per heavy atom. The Morgan fingerprint density at radius 1 is 0.841 bits per heavy atom. The van der Waals surface area contributed by atoms with Crippen molar-refractivity contribution in [2.75, 3.05) is 6.61 Å². The Kier molecular flexibility index (Phi) is 10.4. The Balaban J connectivity index is 0.000000181. The molecule has 4 saturated carbocycles. The van der Waals surface area contributed by atoms with Crippen molar-refractivity contribution >= 4 is 40.7 Å². The van der Waals surface area contributed by atoms with E-state index < -0.39 is 41.4 Å². The van der Waals surface area contributed by atoms with Crippen molar-refractivity contribution in [3.63, 3.8) is 0 Å². The Labute approximate surface area is 260 Å². The van der Waals surface area contributed by atoms with Gasteiger partial charge in [-0.2, -0.15) is 13.1 Å². The van der Waals surface area contributed by atoms with Crippen molar-refractivity contribution in [2.45, 2.75) is 57.6 Å². The van der Waals surface area contributed by atoms with E-state index in [4.69, 9.17) is 4.74 Å². The average molecular weight is 645 g/mol. The van der Waals surface area contributed by atoms with Gasteiger partial charge in [0.2, 0.25) is 0 Å². The highest BCUT2D eigenvalue weighted by molar-refractivity contribution is 7.97. The molecule has 0 amide bonds. The third kappa shape index (κ3) is 7.67. The topological polar surface area (TPSA) is 111 Å². The van der Waals surface area contributed by atoms with Crippen molar-refractivity contribution in [1.82, 2.24) is 0 Å². The molecule has 4 aliphatic rings. The first-order valence-corrected chi connectivity index (χ1v) is 16.0. The lowest BCUT2D eigenvalue weighted by Gasteiger charge is -2.54. The number of Topliss-reactive ketones (excluding diaryl/α,β-unsaturated/α-hetero) is 1. The van der Waals surface area contributed by atoms with E-state index in [2.05, 4.69) is 105 Å². The number of hydrogen-bond donors (Lipinski definition) is 0. The summed E-state index contributed by atoms with van der Waals surface area (Å²) in [7, 11) is -0.0146. The molecule has 0 N–H and O–H groups in total. The lowest BCUT2D eigenvalue weighted by atomic mass is 9.53. The van der Waals surface area contributed by atoms with E-state index in [9.17, 15) is 28.4 Å². The van der Waals surface area contributed by atoms with Crippen LogP contribution in [0.15, 0.2) is 106 Å². The van der Waals surface area contributed by atoms with Crippen LogP contribution >= 0.6 is 12.0 Å². The van der Waals surface area contributed by atoms with Gasteiger partial charge in [-0.3, -0.25) is 9.83 Å². The highest BCUT2D eigenvalue weighted by Gasteiger charge is 2.57. The maximum absolute atomic E-state index is 13.2. The van der Waals surface area contributed by atoms with Crippen LogP contribution in [0.4, 0.5) is 8.78 Å². The highest BCUT2D eigenvalue weighted by Crippen LogP contribution is 2.55. The molecule has 44 heavy (non-hydrogen) atoms. The predicted octanol–water partition coefficient (Wildman–Crippen LogP) is 5.47. The normalized spacial score (nSPS) is 23.5. The van der Waals surface area contributed by atoms with Crippen LogP contribution in [-0.4, -0.2) is 35.2 Å². The number of hydrogen-bond acceptors (Lipinski definition) is 9. The summed E-state index contributed by atoms with van der Waals surface area (Å²) in [5, 5.41) is 8.03. The SMILES string of the molecule is O=C(COC(=O)C(F)(F)SOO[O-])OC12CC3CC(C1)C(=O)C(C3)C2.c1ccc([S+](c2ccccc2)c2ccccc2)cc1. The number of ether oxygens (including phenoxy) is 2. The van der Waals surface area contributed by atoms with Crippen LogP contribution in [0.1, 0.15) is 32.1 Å². The van der Waals surface area contributed by atoms with E-state index in [0.29, 0.717) is 25.2 Å². The van der Waals surface area contributed by atoms with Crippen molar-refractivity contribution in [2.24, 2.45) is 17.8 Å². The van der Waals surface area contributed by atoms with Crippen LogP contribution in [0.25, 0.3) is 0 Å². The summed E-state index contributed by atoms with van der Waals surface area (Å²) in [6.07, 6.45) is 3.09. The second-order valence-corrected chi connectivity index (χ2v) is 13.8. The van der Waals surface area contributed by atoms with Gasteiger partial charge < -0.3 is 14.7 Å². The van der Waals surface area contributed by atoms with Crippen LogP contribution in [0, 0.1) is 17.8 Å². The van der Waals surface area contributed by atoms with Crippen LogP contribution in [-0.2, 0) is 44.1 Å². The molecule has 0 saturated heterocycles. The standard InChI is InChI=1S/C18H15S.C14H16F2O8S/c1-4-10-16(11-5-1)19(17-12-6-2-7-13-17)18-14-8-3-9-15-18;15-14(16,25-24-23-20)12(19)21-6-10(17)22-13-3-7-1-8(4-13)11(18)9(2-7)5-13/h1-15H;7-9,20H,1-6H2/q+1;/p-1. The summed E-state index contributed by atoms with van der Waals surface area (Å²) in [5.41, 5.74) is -0.773. The number of ketones is 1. The molecular formula is C32H30F2O8S2. The molecule has 4 bridgehead atoms. The zero-order chi connectivity index (χ0) is 31.2. The minimum atomic E-state index is -4.21. The number of halogens is 2. The monoisotopic (exact) mass is 644 g/mol. The Morgan fingerprint density at radius 2 is 1.32 bits per heavy atom. The van der Waals surface area contributed by atoms with E-state index in [0.717, 1.165) is 12.8 Å². The van der Waals surface area contributed by atoms with E-state index in [1.165, 1.54) is 14.7 Å². The summed E-state index contributed by atoms with van der Waals surface area (Å²) < 4.78 is 39.4. The molecule has 8 nitrogen and oxygen atoms in total. The van der Waals surface area contributed by atoms with Gasteiger partial charge in [-0.25, -0.2) is 9.59 Å². The second-order valence-electron chi connectivity index (χ2n) is 11.0. The van der Waals surface area contributed by atoms with E-state index >= 15 is 0 Å². The molecule has 3 aromatic rings. The zero-order valence-corrected chi connectivity index (χ0v) is 25.1. The van der Waals surface area contributed by atoms with E-state index in [-0.39, 0.29) is 28.5 Å². The van der Waals surface area contributed by atoms with Gasteiger partial charge >= 0.3 is 17.2 Å². The molecule has 2 unspecified atom stereocenters. The Hall–Kier alpha value is -3.29. The predicted molar refractivity (Wildman–Crippen MR) is 155 cm³/mol. The lowest BCUT2D eigenvalue weighted by molar-refractivity contribution is -0.777. The lowest BCUT2D eigenvalue weighted by Crippen LogP contribution is -2.57. The van der Waals surface area contributed by atoms with Crippen molar-refractivity contribution in [1.29, 1.82) is 0 Å². The summed E-state index contributed by atoms with van der Waals surface area (Å²) >= 11 is -0.839. The fourth-order valence-corrected chi connectivity index (χ4v) is 8.79. The van der Waals surface area contributed by atoms with E-state index in [1.807, 2.05) is 0 Å². The van der Waals surface area contributed by atoms with Gasteiger partial charge in [-0.15, -0.1) is 0 Å². The van der Waals surface area contributed by atoms with Crippen LogP contribution in [0.5, 0.6) is 0 Å². The quantitative estimate of drug-likeness (QED) is 0.0933. The highest BCUT2D eigenvalue weighted by atomic mass is 32.2. The van der Waals surface area contributed by atoms with Gasteiger partial charge in [0.05, 0.1) is 10.9 Å². The number of carbonyl (C=O) groups is 3. The minimum Gasteiger partial charge on any atom is -0.691 e. The number of rotatable bonds is 10. The first kappa shape index (κ1) is 32.1. The Bertz CT molecular complexity index is 1320. The molecule has 232 valence electrons. The molecule has 0 spiro atoms. The van der Waals surface area contributed by atoms with Crippen LogP contribution in [0.2, 0.25) is 0 Å². The van der Waals surface area contributed by atoms with Crippen molar-refractivity contribution in [3.8, 4) is 0 Å². The van der Waals surface area contributed by atoms with Crippen LogP contribution in [0.3, 0.4) is 0 Å². The molecule has 4 fully saturated rings. The maximum Gasteiger partial charge on any atom is 0.415 e. The molecule has 0 aromatic heterocycles. The summed E-state index contributed by atoms with van der Waals surface area (Å²) in [6, 6.07) is 32.2. The van der Waals surface area contributed by atoms with Gasteiger partial charge in [0.25, 0.3) is 0 Å². The summed E-state index contributed by atoms with van der Waals surface area (Å²) in [5.74, 6) is -2.73. The second kappa shape index (κ2) is 14.2. The maximum atomic E-state index is 13.2. The van der Waals surface area contributed by atoms with E-state index in [1.54, 1.807) is 0 Å². The molecule has 3 aromatic carbocycles. The summed E-state index contributed by atoms with van der Waals surface area (Å²) in [6.45, 7) is -0.997. The fourth-order valence-electron chi connectivity index (χ4n) is 6.45. The third-order valence-corrected chi connectivity index (χ3v) is 10.7. The number of benzene rings is 3. The molecule has 7 rings (SSSR count). The number of esters is 2. The molecule has 12 heteroatoms. The molecule has 0 aliphatic heterocycles. The third-order valence-electron chi connectivity index (χ3n) is 7.93. The first-order valence-electron chi connectivity index (χ1n) is 14.0. The smallest absolute Gasteiger partial charge is 0.415 e. The molecule has 4 aliphatic carbocycles. The first-order chi connectivity index (χ1) is 21.2. The van der Waals surface area contributed by atoms with Crippen LogP contribution < -0.4 is 5.26 Å². The van der Waals surface area contributed by atoms with Gasteiger partial charge in [0.15, 0.2) is 21.3 Å². The fraction of sp³-hybridized carbons (Fsp3) is 0.344. The van der Waals surface area contributed by atoms with Gasteiger partial charge in [0.1, 0.15) is 23.4 Å². The average Bonchev–Trinajstić information content (AvgIpc) is 3.03. The molecule has 0 heterocycles. The number of alkyl halides is 2. The molecule has 0 radical (unpaired) electrons. The largest absolute Gasteiger partial charge is 0.691 e. The molecule has 2 atom stereocenters. The minimum absolute atomic E-state index is 0.0146. The molecular weight excluding hydrogens is 614 g/mol. The summed E-state index contributed by atoms with van der Waals surface area (Å²) in [4.78, 5) is 39.3. The van der Waals surface area contributed by atoms with Crippen molar-refractivity contribution < 1.29 is 47.3 Å². The zero-order valence-electron chi connectivity index (χ0n) is 23.5. The van der Waals surface area contributed by atoms with Gasteiger partial charge in [0, 0.05) is 11.8 Å². The van der Waals surface area contributed by atoms with Gasteiger partial charge in [-0.05, 0) is 74.4 Å².